The fourth-order valence-electron chi connectivity index (χ4n) is 10.2. The summed E-state index contributed by atoms with van der Waals surface area (Å²) in [5.41, 5.74) is 8.10. The molecule has 6 nitrogen and oxygen atoms in total. The van der Waals surface area contributed by atoms with Crippen LogP contribution < -0.4 is 30.4 Å². The molecule has 0 saturated heterocycles. The van der Waals surface area contributed by atoms with Crippen molar-refractivity contribution in [1.29, 1.82) is 0 Å². The largest absolute Gasteiger partial charge is 2.00 e. The number of fused-ring (bicyclic) bond motifs is 12. The average Bonchev–Trinajstić information content (AvgIpc) is 3.99. The SMILES string of the molecule is [Pd+2].[c-]1c(Oc2[c-]c3c(cc2)c2ccccc2n2ccnc32)cccc1-n1c2ccc3c(c2c2cccnc21)N(c1ccccc1)c1ccccc1[Si]3(c1ccccc1)c1ccccc1. The number of hydrogen-bond donors (Lipinski definition) is 0. The minimum Gasteiger partial charge on any atom is -0.503 e. The summed E-state index contributed by atoms with van der Waals surface area (Å²) in [7, 11) is -2.93. The van der Waals surface area contributed by atoms with E-state index in [2.05, 4.69) is 196 Å². The molecule has 4 aromatic heterocycles. The predicted octanol–water partition coefficient (Wildman–Crippen LogP) is 10.7. The maximum absolute atomic E-state index is 6.63. The molecule has 5 heterocycles. The second-order valence-corrected chi connectivity index (χ2v) is 19.7. The van der Waals surface area contributed by atoms with Crippen LogP contribution in [-0.2, 0) is 20.4 Å². The Morgan fingerprint density at radius 1 is 0.484 bits per heavy atom. The van der Waals surface area contributed by atoms with E-state index in [9.17, 15) is 0 Å². The van der Waals surface area contributed by atoms with Crippen molar-refractivity contribution in [2.24, 2.45) is 0 Å². The van der Waals surface area contributed by atoms with Gasteiger partial charge in [0.25, 0.3) is 0 Å². The Labute approximate surface area is 384 Å². The first-order valence-electron chi connectivity index (χ1n) is 21.2. The Kier molecular flexibility index (Phi) is 8.96. The Bertz CT molecular complexity index is 3700. The molecular weight excluding hydrogens is 893 g/mol. The zero-order valence-corrected chi connectivity index (χ0v) is 36.7. The van der Waals surface area contributed by atoms with Gasteiger partial charge in [0.1, 0.15) is 5.65 Å². The van der Waals surface area contributed by atoms with E-state index in [1.54, 1.807) is 0 Å². The number of pyridine rings is 2. The molecule has 0 N–H and O–H groups in total. The Hall–Kier alpha value is -7.60. The molecular formula is C56H35N5OPdSi. The Morgan fingerprint density at radius 3 is 1.98 bits per heavy atom. The minimum absolute atomic E-state index is 0. The van der Waals surface area contributed by atoms with Gasteiger partial charge < -0.3 is 18.6 Å². The van der Waals surface area contributed by atoms with E-state index in [0.717, 1.165) is 60.6 Å². The quantitative estimate of drug-likeness (QED) is 0.0947. The van der Waals surface area contributed by atoms with Gasteiger partial charge in [-0.2, -0.15) is 6.07 Å². The normalized spacial score (nSPS) is 13.0. The van der Waals surface area contributed by atoms with Crippen LogP contribution in [-0.4, -0.2) is 27.0 Å². The predicted molar refractivity (Wildman–Crippen MR) is 258 cm³/mol. The molecule has 0 bridgehead atoms. The maximum atomic E-state index is 6.63. The van der Waals surface area contributed by atoms with Gasteiger partial charge in [-0.15, -0.1) is 30.3 Å². The number of nitrogens with zero attached hydrogens (tertiary/aromatic N) is 5. The van der Waals surface area contributed by atoms with Gasteiger partial charge in [-0.25, -0.2) is 4.98 Å². The van der Waals surface area contributed by atoms with Crippen LogP contribution in [0.25, 0.3) is 54.9 Å². The number of hydrogen-bond acceptors (Lipinski definition) is 4. The van der Waals surface area contributed by atoms with E-state index in [4.69, 9.17) is 14.7 Å². The van der Waals surface area contributed by atoms with Gasteiger partial charge in [0.15, 0.2) is 8.07 Å². The molecule has 304 valence electrons. The van der Waals surface area contributed by atoms with Gasteiger partial charge in [-0.1, -0.05) is 144 Å². The van der Waals surface area contributed by atoms with Crippen molar-refractivity contribution >= 4 is 95.1 Å². The number of anilines is 3. The van der Waals surface area contributed by atoms with Gasteiger partial charge >= 0.3 is 20.4 Å². The second kappa shape index (κ2) is 15.0. The Balaban J connectivity index is 0.00000433. The van der Waals surface area contributed by atoms with Crippen molar-refractivity contribution in [3.63, 3.8) is 0 Å². The second-order valence-electron chi connectivity index (χ2n) is 16.0. The molecule has 0 spiro atoms. The van der Waals surface area contributed by atoms with Gasteiger partial charge in [-0.05, 0) is 68.6 Å². The van der Waals surface area contributed by atoms with E-state index in [1.165, 1.54) is 32.1 Å². The molecule has 0 saturated carbocycles. The molecule has 64 heavy (non-hydrogen) atoms. The molecule has 0 fully saturated rings. The van der Waals surface area contributed by atoms with Gasteiger partial charge in [-0.3, -0.25) is 4.98 Å². The first-order valence-corrected chi connectivity index (χ1v) is 23.2. The molecule has 0 atom stereocenters. The number of rotatable bonds is 6. The van der Waals surface area contributed by atoms with E-state index in [1.807, 2.05) is 42.9 Å². The molecule has 0 radical (unpaired) electrons. The Morgan fingerprint density at radius 2 is 1.17 bits per heavy atom. The van der Waals surface area contributed by atoms with Crippen molar-refractivity contribution in [3.05, 3.63) is 225 Å². The fraction of sp³-hybridized carbons (Fsp3) is 0. The average molecular weight is 928 g/mol. The van der Waals surface area contributed by atoms with Crippen LogP contribution in [0.4, 0.5) is 17.1 Å². The summed E-state index contributed by atoms with van der Waals surface area (Å²) in [6, 6.07) is 76.9. The van der Waals surface area contributed by atoms with E-state index >= 15 is 0 Å². The number of para-hydroxylation sites is 3. The molecule has 0 aliphatic carbocycles. The first kappa shape index (κ1) is 38.1. The summed E-state index contributed by atoms with van der Waals surface area (Å²) in [5.74, 6) is 1.16. The third-order valence-corrected chi connectivity index (χ3v) is 17.6. The third-order valence-electron chi connectivity index (χ3n) is 12.7. The van der Waals surface area contributed by atoms with Crippen LogP contribution in [0.1, 0.15) is 0 Å². The zero-order chi connectivity index (χ0) is 41.5. The maximum Gasteiger partial charge on any atom is 2.00 e. The molecule has 8 heteroatoms. The molecule has 0 amide bonds. The van der Waals surface area contributed by atoms with Gasteiger partial charge in [0.2, 0.25) is 0 Å². The summed E-state index contributed by atoms with van der Waals surface area (Å²) >= 11 is 0. The van der Waals surface area contributed by atoms with Crippen LogP contribution in [0.2, 0.25) is 0 Å². The smallest absolute Gasteiger partial charge is 0.503 e. The fourth-order valence-corrected chi connectivity index (χ4v) is 15.3. The van der Waals surface area contributed by atoms with Crippen LogP contribution in [0, 0.1) is 12.1 Å². The van der Waals surface area contributed by atoms with Crippen molar-refractivity contribution < 1.29 is 25.2 Å². The molecule has 13 rings (SSSR count). The summed E-state index contributed by atoms with van der Waals surface area (Å²) < 4.78 is 11.0. The summed E-state index contributed by atoms with van der Waals surface area (Å²) in [6.07, 6.45) is 5.71. The van der Waals surface area contributed by atoms with Crippen molar-refractivity contribution in [3.8, 4) is 17.2 Å². The topological polar surface area (TPSA) is 47.6 Å². The van der Waals surface area contributed by atoms with Crippen LogP contribution in [0.15, 0.2) is 213 Å². The standard InChI is InChI=1S/C56H35N5OSi.Pd/c1-4-16-38(17-5-1)60-49-27-12-13-28-51(49)63(42-20-6-2-7-21-42,43-22-8-3-9-23-43)52-32-31-50-53(54(52)60)46-25-15-33-57-56(46)61(50)39-18-14-19-40(36-39)62-41-29-30-44-45-24-10-11-26-48(45)59-35-34-58-55(59)47(44)37-41;/h1-35H;/q-2;+2. The summed E-state index contributed by atoms with van der Waals surface area (Å²) in [5, 5.41) is 10.7. The molecule has 8 aromatic carbocycles. The van der Waals surface area contributed by atoms with Gasteiger partial charge in [0, 0.05) is 57.8 Å². The zero-order valence-electron chi connectivity index (χ0n) is 34.2. The van der Waals surface area contributed by atoms with E-state index in [-0.39, 0.29) is 20.4 Å². The summed E-state index contributed by atoms with van der Waals surface area (Å²) in [6.45, 7) is 0. The third kappa shape index (κ3) is 5.54. The molecule has 1 aliphatic heterocycles. The summed E-state index contributed by atoms with van der Waals surface area (Å²) in [4.78, 5) is 12.3. The first-order chi connectivity index (χ1) is 31.3. The van der Waals surface area contributed by atoms with Crippen molar-refractivity contribution in [2.45, 2.75) is 0 Å². The van der Waals surface area contributed by atoms with Crippen LogP contribution in [0.5, 0.6) is 11.5 Å². The minimum atomic E-state index is -2.93. The number of imidazole rings is 1. The van der Waals surface area contributed by atoms with Crippen molar-refractivity contribution in [2.75, 3.05) is 4.90 Å². The van der Waals surface area contributed by atoms with Crippen LogP contribution in [0.3, 0.4) is 0 Å². The number of aromatic nitrogens is 4. The molecule has 0 unspecified atom stereocenters. The van der Waals surface area contributed by atoms with Crippen LogP contribution >= 0.6 is 0 Å². The number of benzene rings is 8. The molecule has 12 aromatic rings. The van der Waals surface area contributed by atoms with E-state index < -0.39 is 8.07 Å². The molecule has 1 aliphatic rings. The van der Waals surface area contributed by atoms with Crippen molar-refractivity contribution in [1.82, 2.24) is 18.9 Å². The van der Waals surface area contributed by atoms with Gasteiger partial charge in [0.05, 0.1) is 16.9 Å². The monoisotopic (exact) mass is 927 g/mol. The van der Waals surface area contributed by atoms with E-state index in [0.29, 0.717) is 11.5 Å². The number of ether oxygens (including phenoxy) is 1.